The van der Waals surface area contributed by atoms with Crippen molar-refractivity contribution in [1.82, 2.24) is 24.0 Å². The summed E-state index contributed by atoms with van der Waals surface area (Å²) in [4.78, 5) is 23.7. The predicted octanol–water partition coefficient (Wildman–Crippen LogP) is 4.20. The van der Waals surface area contributed by atoms with E-state index in [4.69, 9.17) is 15.5 Å². The van der Waals surface area contributed by atoms with Crippen molar-refractivity contribution in [3.63, 3.8) is 0 Å². The minimum absolute atomic E-state index is 0.0442. The first-order valence-corrected chi connectivity index (χ1v) is 11.8. The van der Waals surface area contributed by atoms with Crippen LogP contribution in [0.5, 0.6) is 5.75 Å². The van der Waals surface area contributed by atoms with Crippen molar-refractivity contribution < 1.29 is 22.7 Å². The number of aryl methyl sites for hydroxylation is 2. The van der Waals surface area contributed by atoms with Crippen molar-refractivity contribution >= 4 is 28.0 Å². The number of halogens is 3. The van der Waals surface area contributed by atoms with Crippen LogP contribution in [0.1, 0.15) is 35.8 Å². The third-order valence-corrected chi connectivity index (χ3v) is 6.73. The fourth-order valence-electron chi connectivity index (χ4n) is 4.99. The minimum atomic E-state index is -4.54. The maximum absolute atomic E-state index is 13.3. The molecular weight excluding hydrogens is 473 g/mol. The van der Waals surface area contributed by atoms with Gasteiger partial charge in [0.1, 0.15) is 22.6 Å². The van der Waals surface area contributed by atoms with E-state index in [0.717, 1.165) is 18.9 Å². The molecule has 1 aliphatic rings. The lowest BCUT2D eigenvalue weighted by molar-refractivity contribution is -0.141. The van der Waals surface area contributed by atoms with Gasteiger partial charge in [-0.25, -0.2) is 9.97 Å². The number of benzene rings is 1. The van der Waals surface area contributed by atoms with E-state index in [0.29, 0.717) is 58.9 Å². The second kappa shape index (κ2) is 8.81. The van der Waals surface area contributed by atoms with E-state index in [2.05, 4.69) is 4.98 Å². The van der Waals surface area contributed by atoms with Gasteiger partial charge in [-0.1, -0.05) is 0 Å². The molecular formula is C25H27F3N6O2. The Balaban J connectivity index is 1.64. The summed E-state index contributed by atoms with van der Waals surface area (Å²) in [5.41, 5.74) is 7.65. The van der Waals surface area contributed by atoms with Gasteiger partial charge in [-0.05, 0) is 50.1 Å². The standard InChI is InChI=1S/C25H27F3N6O2/c1-4-34-18(11-14-7-8-20(25(26,27)28)31-22(14)34)23-30-17-10-15(12-19(36-3)21(17)32(23)2)24(35)33-9-5-6-16(29)13-33/h7-8,10-12,16H,4-6,9,13,29H2,1-3H3/t16-/m1/s1. The molecule has 36 heavy (non-hydrogen) atoms. The highest BCUT2D eigenvalue weighted by Crippen LogP contribution is 2.35. The average Bonchev–Trinajstić information content (AvgIpc) is 3.38. The van der Waals surface area contributed by atoms with Crippen LogP contribution in [0.25, 0.3) is 33.6 Å². The fourth-order valence-corrected chi connectivity index (χ4v) is 4.99. The van der Waals surface area contributed by atoms with E-state index in [1.54, 1.807) is 27.7 Å². The van der Waals surface area contributed by atoms with Gasteiger partial charge >= 0.3 is 6.18 Å². The molecule has 3 aromatic heterocycles. The zero-order valence-corrected chi connectivity index (χ0v) is 20.3. The molecule has 1 saturated heterocycles. The number of amides is 1. The zero-order chi connectivity index (χ0) is 25.8. The first-order chi connectivity index (χ1) is 17.1. The molecule has 8 nitrogen and oxygen atoms in total. The molecule has 0 aliphatic carbocycles. The molecule has 5 rings (SSSR count). The molecule has 0 radical (unpaired) electrons. The van der Waals surface area contributed by atoms with Gasteiger partial charge in [0, 0.05) is 43.7 Å². The van der Waals surface area contributed by atoms with Crippen molar-refractivity contribution in [2.45, 2.75) is 38.5 Å². The van der Waals surface area contributed by atoms with Crippen LogP contribution in [-0.2, 0) is 19.8 Å². The highest BCUT2D eigenvalue weighted by atomic mass is 19.4. The number of imidazole rings is 1. The van der Waals surface area contributed by atoms with E-state index >= 15 is 0 Å². The molecule has 0 bridgehead atoms. The highest BCUT2D eigenvalue weighted by Gasteiger charge is 2.33. The first kappa shape index (κ1) is 24.1. The van der Waals surface area contributed by atoms with Crippen LogP contribution in [0.4, 0.5) is 13.2 Å². The molecule has 4 aromatic rings. The maximum atomic E-state index is 13.3. The predicted molar refractivity (Wildman–Crippen MR) is 130 cm³/mol. The van der Waals surface area contributed by atoms with E-state index in [9.17, 15) is 18.0 Å². The lowest BCUT2D eigenvalue weighted by Crippen LogP contribution is -2.45. The molecule has 2 N–H and O–H groups in total. The summed E-state index contributed by atoms with van der Waals surface area (Å²) < 4.78 is 49.0. The van der Waals surface area contributed by atoms with Crippen molar-refractivity contribution in [1.29, 1.82) is 0 Å². The summed E-state index contributed by atoms with van der Waals surface area (Å²) in [5.74, 6) is 0.875. The third-order valence-electron chi connectivity index (χ3n) is 6.73. The number of ether oxygens (including phenoxy) is 1. The monoisotopic (exact) mass is 500 g/mol. The molecule has 1 aliphatic heterocycles. The Morgan fingerprint density at radius 2 is 2.00 bits per heavy atom. The quantitative estimate of drug-likeness (QED) is 0.454. The van der Waals surface area contributed by atoms with Crippen LogP contribution in [0.2, 0.25) is 0 Å². The van der Waals surface area contributed by atoms with Crippen molar-refractivity contribution in [3.8, 4) is 17.3 Å². The van der Waals surface area contributed by atoms with Gasteiger partial charge in [-0.3, -0.25) is 4.79 Å². The Kier molecular flexibility index (Phi) is 5.90. The Morgan fingerprint density at radius 3 is 2.67 bits per heavy atom. The van der Waals surface area contributed by atoms with Crippen LogP contribution < -0.4 is 10.5 Å². The Bertz CT molecular complexity index is 1470. The second-order valence-electron chi connectivity index (χ2n) is 9.08. The molecule has 1 atom stereocenters. The minimum Gasteiger partial charge on any atom is -0.494 e. The largest absolute Gasteiger partial charge is 0.494 e. The number of piperidine rings is 1. The SMILES string of the molecule is CCn1c(-c2nc3cc(C(=O)N4CCC[C@@H](N)C4)cc(OC)c3n2C)cc2ccc(C(F)(F)F)nc21. The summed E-state index contributed by atoms with van der Waals surface area (Å²) in [5, 5.41) is 0.580. The number of carbonyl (C=O) groups excluding carboxylic acids is 1. The number of nitrogens with zero attached hydrogens (tertiary/aromatic N) is 5. The second-order valence-corrected chi connectivity index (χ2v) is 9.08. The number of hydrogen-bond acceptors (Lipinski definition) is 5. The van der Waals surface area contributed by atoms with E-state index in [1.807, 2.05) is 18.5 Å². The summed E-state index contributed by atoms with van der Waals surface area (Å²) >= 11 is 0. The number of likely N-dealkylation sites (tertiary alicyclic amines) is 1. The number of carbonyl (C=O) groups is 1. The Morgan fingerprint density at radius 1 is 1.22 bits per heavy atom. The number of pyridine rings is 1. The van der Waals surface area contributed by atoms with Crippen molar-refractivity contribution in [3.05, 3.63) is 41.6 Å². The molecule has 1 aromatic carbocycles. The molecule has 0 unspecified atom stereocenters. The zero-order valence-electron chi connectivity index (χ0n) is 20.3. The summed E-state index contributed by atoms with van der Waals surface area (Å²) in [6.07, 6.45) is -2.80. The normalized spacial score (nSPS) is 16.8. The fraction of sp³-hybridized carbons (Fsp3) is 0.400. The Labute approximate surface area is 205 Å². The molecule has 0 spiro atoms. The summed E-state index contributed by atoms with van der Waals surface area (Å²) in [6.45, 7) is 3.38. The number of methoxy groups -OCH3 is 1. The summed E-state index contributed by atoms with van der Waals surface area (Å²) in [7, 11) is 3.34. The third kappa shape index (κ3) is 3.97. The van der Waals surface area contributed by atoms with E-state index < -0.39 is 11.9 Å². The van der Waals surface area contributed by atoms with Crippen molar-refractivity contribution in [2.24, 2.45) is 12.8 Å². The lowest BCUT2D eigenvalue weighted by atomic mass is 10.0. The van der Waals surface area contributed by atoms with Crippen LogP contribution >= 0.6 is 0 Å². The molecule has 1 fully saturated rings. The molecule has 4 heterocycles. The molecule has 0 saturated carbocycles. The number of nitrogens with two attached hydrogens (primary N) is 1. The number of rotatable bonds is 4. The number of alkyl halides is 3. The van der Waals surface area contributed by atoms with Crippen LogP contribution in [0.3, 0.4) is 0 Å². The average molecular weight is 501 g/mol. The molecule has 190 valence electrons. The topological polar surface area (TPSA) is 91.2 Å². The van der Waals surface area contributed by atoms with Gasteiger partial charge in [-0.2, -0.15) is 13.2 Å². The Hall–Kier alpha value is -3.60. The summed E-state index contributed by atoms with van der Waals surface area (Å²) in [6, 6.07) is 7.56. The van der Waals surface area contributed by atoms with Gasteiger partial charge in [0.05, 0.1) is 18.3 Å². The number of hydrogen-bond donors (Lipinski definition) is 1. The number of aromatic nitrogens is 4. The van der Waals surface area contributed by atoms with Crippen LogP contribution in [0, 0.1) is 0 Å². The smallest absolute Gasteiger partial charge is 0.433 e. The number of fused-ring (bicyclic) bond motifs is 2. The lowest BCUT2D eigenvalue weighted by Gasteiger charge is -2.30. The van der Waals surface area contributed by atoms with Crippen LogP contribution in [0.15, 0.2) is 30.3 Å². The maximum Gasteiger partial charge on any atom is 0.433 e. The first-order valence-electron chi connectivity index (χ1n) is 11.8. The van der Waals surface area contributed by atoms with Gasteiger partial charge in [0.2, 0.25) is 0 Å². The van der Waals surface area contributed by atoms with Gasteiger partial charge in [-0.15, -0.1) is 0 Å². The molecule has 1 amide bonds. The molecule has 11 heteroatoms. The van der Waals surface area contributed by atoms with Gasteiger partial charge < -0.3 is 24.5 Å². The van der Waals surface area contributed by atoms with Crippen molar-refractivity contribution in [2.75, 3.05) is 20.2 Å². The van der Waals surface area contributed by atoms with Crippen LogP contribution in [-0.4, -0.2) is 56.2 Å². The van der Waals surface area contributed by atoms with E-state index in [-0.39, 0.29) is 17.6 Å². The van der Waals surface area contributed by atoms with E-state index in [1.165, 1.54) is 13.2 Å². The van der Waals surface area contributed by atoms with Gasteiger partial charge in [0.15, 0.2) is 5.82 Å². The van der Waals surface area contributed by atoms with Gasteiger partial charge in [0.25, 0.3) is 5.91 Å². The highest BCUT2D eigenvalue weighted by molar-refractivity contribution is 6.00.